The van der Waals surface area contributed by atoms with Crippen LogP contribution in [0.5, 0.6) is 0 Å². The highest BCUT2D eigenvalue weighted by Gasteiger charge is 2.30. The lowest BCUT2D eigenvalue weighted by Crippen LogP contribution is -2.32. The van der Waals surface area contributed by atoms with E-state index in [-0.39, 0.29) is 5.69 Å². The lowest BCUT2D eigenvalue weighted by Gasteiger charge is -2.31. The second-order valence-corrected chi connectivity index (χ2v) is 9.06. The second-order valence-electron chi connectivity index (χ2n) is 7.78. The molecule has 0 aliphatic carbocycles. The number of benzene rings is 2. The van der Waals surface area contributed by atoms with Crippen molar-refractivity contribution in [2.24, 2.45) is 0 Å². The monoisotopic (exact) mass is 474 g/mol. The Balaban J connectivity index is 1.55. The molecule has 0 saturated carbocycles. The number of carbonyl (C=O) groups is 1. The number of amides is 1. The Morgan fingerprint density at radius 3 is 2.70 bits per heavy atom. The number of aromatic nitrogens is 2. The van der Waals surface area contributed by atoms with Crippen LogP contribution in [0.25, 0.3) is 0 Å². The van der Waals surface area contributed by atoms with Crippen molar-refractivity contribution in [1.29, 1.82) is 0 Å². The van der Waals surface area contributed by atoms with E-state index in [1.165, 1.54) is 18.4 Å². The molecule has 1 aliphatic rings. The fourth-order valence-electron chi connectivity index (χ4n) is 3.71. The van der Waals surface area contributed by atoms with Gasteiger partial charge in [0.15, 0.2) is 0 Å². The van der Waals surface area contributed by atoms with Crippen LogP contribution in [0, 0.1) is 6.92 Å². The third-order valence-corrected chi connectivity index (χ3v) is 6.14. The number of alkyl halides is 3. The third-order valence-electron chi connectivity index (χ3n) is 5.43. The summed E-state index contributed by atoms with van der Waals surface area (Å²) in [5, 5.41) is 2.86. The van der Waals surface area contributed by atoms with Crippen LogP contribution in [-0.2, 0) is 29.9 Å². The first-order chi connectivity index (χ1) is 15.6. The van der Waals surface area contributed by atoms with E-state index in [4.69, 9.17) is 0 Å². The maximum atomic E-state index is 13.0. The van der Waals surface area contributed by atoms with Crippen molar-refractivity contribution >= 4 is 28.1 Å². The standard InChI is InChI=1S/C23H21F3N4O2S/c1-14-6-7-15(21(31)28-18-5-3-4-17(11-18)23(24,25)26)10-20(14)30-9-8-19-16(13-30)12-27-22(29-19)33(2)32/h3-7,10-12H,8-9,13H2,1-2H3,(H,28,31). The lowest BCUT2D eigenvalue weighted by molar-refractivity contribution is -0.137. The van der Waals surface area contributed by atoms with Gasteiger partial charge in [0, 0.05) is 54.5 Å². The molecule has 1 aliphatic heterocycles. The van der Waals surface area contributed by atoms with Gasteiger partial charge in [-0.2, -0.15) is 13.2 Å². The molecule has 1 N–H and O–H groups in total. The van der Waals surface area contributed by atoms with Crippen molar-refractivity contribution in [2.75, 3.05) is 23.0 Å². The molecule has 3 aromatic rings. The number of nitrogens with zero attached hydrogens (tertiary/aromatic N) is 3. The maximum absolute atomic E-state index is 13.0. The maximum Gasteiger partial charge on any atom is 0.416 e. The predicted octanol–water partition coefficient (Wildman–Crippen LogP) is 4.36. The van der Waals surface area contributed by atoms with Gasteiger partial charge in [0.1, 0.15) is 0 Å². The zero-order valence-electron chi connectivity index (χ0n) is 17.9. The molecule has 1 unspecified atom stereocenters. The number of halogens is 3. The first-order valence-corrected chi connectivity index (χ1v) is 11.7. The Labute approximate surface area is 191 Å². The minimum absolute atomic E-state index is 0.0742. The van der Waals surface area contributed by atoms with Crippen LogP contribution in [0.3, 0.4) is 0 Å². The van der Waals surface area contributed by atoms with E-state index < -0.39 is 28.4 Å². The number of fused-ring (bicyclic) bond motifs is 1. The summed E-state index contributed by atoms with van der Waals surface area (Å²) in [5.41, 5.74) is 3.18. The van der Waals surface area contributed by atoms with E-state index >= 15 is 0 Å². The summed E-state index contributed by atoms with van der Waals surface area (Å²) in [4.78, 5) is 23.4. The van der Waals surface area contributed by atoms with Crippen molar-refractivity contribution < 1.29 is 22.2 Å². The molecule has 33 heavy (non-hydrogen) atoms. The number of rotatable bonds is 4. The van der Waals surface area contributed by atoms with Crippen molar-refractivity contribution in [3.05, 3.63) is 76.6 Å². The van der Waals surface area contributed by atoms with Gasteiger partial charge in [-0.25, -0.2) is 9.97 Å². The van der Waals surface area contributed by atoms with E-state index in [0.717, 1.165) is 34.6 Å². The number of carbonyl (C=O) groups excluding carboxylic acids is 1. The summed E-state index contributed by atoms with van der Waals surface area (Å²) in [6.07, 6.45) is -0.623. The van der Waals surface area contributed by atoms with Crippen LogP contribution in [0.15, 0.2) is 53.8 Å². The van der Waals surface area contributed by atoms with Gasteiger partial charge in [-0.3, -0.25) is 9.00 Å². The van der Waals surface area contributed by atoms with E-state index in [1.54, 1.807) is 18.3 Å². The Hall–Kier alpha value is -3.27. The number of hydrogen-bond acceptors (Lipinski definition) is 5. The number of nitrogens with one attached hydrogen (secondary N) is 1. The molecule has 0 spiro atoms. The van der Waals surface area contributed by atoms with Crippen LogP contribution in [0.4, 0.5) is 24.5 Å². The average molecular weight is 475 g/mol. The molecule has 1 atom stereocenters. The minimum atomic E-state index is -4.49. The fourth-order valence-corrected chi connectivity index (χ4v) is 4.15. The fraction of sp³-hybridized carbons (Fsp3) is 0.261. The number of hydrogen-bond donors (Lipinski definition) is 1. The van der Waals surface area contributed by atoms with Gasteiger partial charge in [0.05, 0.1) is 22.1 Å². The second kappa shape index (κ2) is 8.93. The molecule has 0 bridgehead atoms. The Bertz CT molecular complexity index is 1250. The van der Waals surface area contributed by atoms with E-state index in [1.807, 2.05) is 13.0 Å². The van der Waals surface area contributed by atoms with Crippen LogP contribution in [-0.4, -0.2) is 32.9 Å². The highest BCUT2D eigenvalue weighted by Crippen LogP contribution is 2.31. The summed E-state index contributed by atoms with van der Waals surface area (Å²) < 4.78 is 50.5. The summed E-state index contributed by atoms with van der Waals surface area (Å²) >= 11 is 0. The van der Waals surface area contributed by atoms with Gasteiger partial charge in [-0.15, -0.1) is 0 Å². The smallest absolute Gasteiger partial charge is 0.366 e. The van der Waals surface area contributed by atoms with Crippen LogP contribution in [0.1, 0.15) is 32.7 Å². The molecule has 2 heterocycles. The zero-order valence-corrected chi connectivity index (χ0v) is 18.8. The van der Waals surface area contributed by atoms with Crippen LogP contribution in [0.2, 0.25) is 0 Å². The highest BCUT2D eigenvalue weighted by molar-refractivity contribution is 7.84. The van der Waals surface area contributed by atoms with Gasteiger partial charge in [-0.1, -0.05) is 12.1 Å². The quantitative estimate of drug-likeness (QED) is 0.569. The average Bonchev–Trinajstić information content (AvgIpc) is 2.78. The van der Waals surface area contributed by atoms with Crippen molar-refractivity contribution in [3.8, 4) is 0 Å². The molecule has 0 radical (unpaired) electrons. The molecule has 10 heteroatoms. The topological polar surface area (TPSA) is 75.2 Å². The first kappa shape index (κ1) is 22.9. The minimum Gasteiger partial charge on any atom is -0.366 e. The SMILES string of the molecule is Cc1ccc(C(=O)Nc2cccc(C(F)(F)F)c2)cc1N1CCc2nc(S(C)=O)ncc2C1. The van der Waals surface area contributed by atoms with Gasteiger partial charge < -0.3 is 10.2 Å². The highest BCUT2D eigenvalue weighted by atomic mass is 32.2. The summed E-state index contributed by atoms with van der Waals surface area (Å²) in [7, 11) is -1.25. The first-order valence-electron chi connectivity index (χ1n) is 10.1. The Morgan fingerprint density at radius 2 is 1.97 bits per heavy atom. The largest absolute Gasteiger partial charge is 0.416 e. The van der Waals surface area contributed by atoms with E-state index in [0.29, 0.717) is 30.2 Å². The van der Waals surface area contributed by atoms with Crippen molar-refractivity contribution in [1.82, 2.24) is 9.97 Å². The predicted molar refractivity (Wildman–Crippen MR) is 120 cm³/mol. The van der Waals surface area contributed by atoms with Gasteiger partial charge >= 0.3 is 6.18 Å². The molecule has 0 fully saturated rings. The molecule has 172 valence electrons. The molecule has 0 saturated heterocycles. The molecular weight excluding hydrogens is 453 g/mol. The van der Waals surface area contributed by atoms with E-state index in [2.05, 4.69) is 20.2 Å². The molecule has 1 aromatic heterocycles. The third kappa shape index (κ3) is 5.05. The molecular formula is C23H21F3N4O2S. The number of anilines is 2. The summed E-state index contributed by atoms with van der Waals surface area (Å²) in [6, 6.07) is 9.73. The molecule has 4 rings (SSSR count). The zero-order chi connectivity index (χ0) is 23.8. The van der Waals surface area contributed by atoms with Crippen molar-refractivity contribution in [3.63, 3.8) is 0 Å². The molecule has 6 nitrogen and oxygen atoms in total. The van der Waals surface area contributed by atoms with Crippen LogP contribution < -0.4 is 10.2 Å². The van der Waals surface area contributed by atoms with E-state index in [9.17, 15) is 22.2 Å². The summed E-state index contributed by atoms with van der Waals surface area (Å²) in [5.74, 6) is -0.494. The van der Waals surface area contributed by atoms with Crippen molar-refractivity contribution in [2.45, 2.75) is 31.2 Å². The molecule has 1 amide bonds. The lowest BCUT2D eigenvalue weighted by atomic mass is 10.0. The molecule has 2 aromatic carbocycles. The Kier molecular flexibility index (Phi) is 6.20. The normalized spacial score (nSPS) is 14.5. The van der Waals surface area contributed by atoms with Gasteiger partial charge in [0.2, 0.25) is 5.16 Å². The van der Waals surface area contributed by atoms with Gasteiger partial charge in [-0.05, 0) is 42.8 Å². The summed E-state index contributed by atoms with van der Waals surface area (Å²) in [6.45, 7) is 3.12. The Morgan fingerprint density at radius 1 is 1.18 bits per heavy atom. The van der Waals surface area contributed by atoms with Crippen LogP contribution >= 0.6 is 0 Å². The van der Waals surface area contributed by atoms with Gasteiger partial charge in [0.25, 0.3) is 5.91 Å². The number of aryl methyl sites for hydroxylation is 1.